The molecule has 2 aliphatic heterocycles. The standard InChI is InChI=1S/C39H46N5O21P3S2/c1-5-42(6-2)24-11-14-27-30(18-24)62-31-19-25(43(7-3)8-4)12-15-28(31)34(27)29-16-13-26(20-33(29)70(58,59)60)69(56,57)40-17-9-10-23-21-44(39(48)41-37(23)47)38-36(46)35(45)32(63-38)22-61-67(52,53)65-68(54,55)64-66(49,50)51/h11-16,18-21,32,35-36,38,40,45-46H,5-8,17,22H2,1-4H3,(H5-,41,47,48,49,50,51,52,53,54,55,58,59,60)/t32-,35-,36-,38-/m1/s1. The third kappa shape index (κ3) is 12.5. The van der Waals surface area contributed by atoms with Crippen LogP contribution in [0.1, 0.15) is 39.5 Å². The average Bonchev–Trinajstić information content (AvgIpc) is 3.54. The number of H-pyrrole nitrogens is 1. The molecule has 26 nitrogen and oxygen atoms in total. The number of phosphoric acid groups is 3. The van der Waals surface area contributed by atoms with Crippen molar-refractivity contribution in [2.45, 2.75) is 62.0 Å². The number of nitrogens with one attached hydrogen (secondary N) is 2. The Balaban J connectivity index is 1.27. The quantitative estimate of drug-likeness (QED) is 0.0199. The SMILES string of the molecule is CCN(CC)c1ccc2c(-c3ccc(S(=O)(=O)NCC#Cc4cn([C@@H]5O[C@H](COP(=O)(O)OP(=O)(O)OP(=O)(O)O)[C@@H](O)[C@H]5O)c(=O)[nH]c4=O)cc3S(=O)(=O)[O-])c3ccc(=[N+](CC)CC)cc-3oc2c1. The van der Waals surface area contributed by atoms with Gasteiger partial charge in [0.15, 0.2) is 6.23 Å². The highest BCUT2D eigenvalue weighted by Crippen LogP contribution is 2.66. The summed E-state index contributed by atoms with van der Waals surface area (Å²) in [6.45, 7) is 8.66. The van der Waals surface area contributed by atoms with E-state index in [9.17, 15) is 64.7 Å². The largest absolute Gasteiger partial charge is 0.744 e. The lowest BCUT2D eigenvalue weighted by Gasteiger charge is -2.23. The van der Waals surface area contributed by atoms with E-state index >= 15 is 0 Å². The molecular weight excluding hydrogens is 1030 g/mol. The Hall–Kier alpha value is -4.72. The van der Waals surface area contributed by atoms with Gasteiger partial charge in [-0.2, -0.15) is 13.3 Å². The first-order valence-corrected chi connectivity index (χ1v) is 28.1. The first-order chi connectivity index (χ1) is 32.6. The predicted molar refractivity (Wildman–Crippen MR) is 245 cm³/mol. The molecule has 2 aromatic carbocycles. The topological polar surface area (TPSA) is 387 Å². The van der Waals surface area contributed by atoms with Crippen LogP contribution in [0, 0.1) is 11.8 Å². The van der Waals surface area contributed by atoms with Crippen LogP contribution in [0.5, 0.6) is 0 Å². The number of fused-ring (bicyclic) bond motifs is 2. The zero-order valence-electron chi connectivity index (χ0n) is 37.1. The zero-order chi connectivity index (χ0) is 51.7. The van der Waals surface area contributed by atoms with Crippen LogP contribution in [0.15, 0.2) is 84.6 Å². The summed E-state index contributed by atoms with van der Waals surface area (Å²) in [6, 6.07) is 13.7. The van der Waals surface area contributed by atoms with Crippen LogP contribution in [0.3, 0.4) is 0 Å². The molecule has 1 aromatic heterocycles. The van der Waals surface area contributed by atoms with Crippen molar-refractivity contribution in [3.05, 3.63) is 92.6 Å². The minimum absolute atomic E-state index is 0.102. The Bertz CT molecular complexity index is 3430. The molecular formula is C39H46N5O21P3S2. The molecule has 0 saturated carbocycles. The fraction of sp³-hybridized carbons (Fsp3) is 0.359. The van der Waals surface area contributed by atoms with Crippen molar-refractivity contribution >= 4 is 60.3 Å². The molecule has 3 aromatic rings. The average molecular weight is 1080 g/mol. The van der Waals surface area contributed by atoms with Crippen LogP contribution in [-0.2, 0) is 51.7 Å². The smallest absolute Gasteiger partial charge is 0.490 e. The second-order valence-corrected chi connectivity index (χ2v) is 22.6. The second-order valence-electron chi connectivity index (χ2n) is 15.1. The van der Waals surface area contributed by atoms with E-state index in [-0.39, 0.29) is 5.56 Å². The number of aliphatic hydroxyl groups is 2. The number of benzene rings is 3. The van der Waals surface area contributed by atoms with Crippen molar-refractivity contribution < 1.29 is 87.2 Å². The van der Waals surface area contributed by atoms with E-state index in [1.807, 2.05) is 44.8 Å². The van der Waals surface area contributed by atoms with Gasteiger partial charge >= 0.3 is 29.2 Å². The molecule has 3 aliphatic rings. The molecule has 0 spiro atoms. The molecule has 380 valence electrons. The van der Waals surface area contributed by atoms with Crippen LogP contribution in [0.25, 0.3) is 33.4 Å². The molecule has 70 heavy (non-hydrogen) atoms. The number of aromatic amines is 1. The summed E-state index contributed by atoms with van der Waals surface area (Å²) in [4.78, 5) is 64.3. The van der Waals surface area contributed by atoms with Gasteiger partial charge in [-0.25, -0.2) is 39.9 Å². The normalized spacial score (nSPS) is 19.4. The van der Waals surface area contributed by atoms with Crippen LogP contribution in [0.4, 0.5) is 5.69 Å². The van der Waals surface area contributed by atoms with Gasteiger partial charge in [-0.3, -0.25) is 18.9 Å². The number of hydrogen-bond donors (Lipinski definition) is 8. The molecule has 31 heteroatoms. The number of sulfonamides is 1. The number of hydrogen-bond acceptors (Lipinski definition) is 18. The Morgan fingerprint density at radius 1 is 0.886 bits per heavy atom. The molecule has 1 aliphatic carbocycles. The number of ether oxygens (including phenoxy) is 1. The monoisotopic (exact) mass is 1080 g/mol. The maximum Gasteiger partial charge on any atom is 0.490 e. The third-order valence-electron chi connectivity index (χ3n) is 10.7. The Labute approximate surface area is 398 Å². The molecule has 3 heterocycles. The van der Waals surface area contributed by atoms with Gasteiger partial charge in [0.25, 0.3) is 5.56 Å². The Morgan fingerprint density at radius 2 is 1.56 bits per heavy atom. The predicted octanol–water partition coefficient (Wildman–Crippen LogP) is 0.909. The van der Waals surface area contributed by atoms with E-state index in [0.29, 0.717) is 64.7 Å². The van der Waals surface area contributed by atoms with Gasteiger partial charge in [0.1, 0.15) is 58.4 Å². The number of aromatic nitrogens is 2. The van der Waals surface area contributed by atoms with Crippen LogP contribution in [-0.4, -0.2) is 118 Å². The van der Waals surface area contributed by atoms with Crippen LogP contribution < -0.4 is 30.8 Å². The van der Waals surface area contributed by atoms with E-state index in [1.165, 1.54) is 6.07 Å². The first kappa shape index (κ1) is 54.6. The van der Waals surface area contributed by atoms with Gasteiger partial charge in [-0.15, -0.1) is 0 Å². The van der Waals surface area contributed by atoms with E-state index in [1.54, 1.807) is 24.3 Å². The van der Waals surface area contributed by atoms with Gasteiger partial charge in [0.2, 0.25) is 15.4 Å². The van der Waals surface area contributed by atoms with Crippen molar-refractivity contribution in [3.63, 3.8) is 0 Å². The highest BCUT2D eigenvalue weighted by molar-refractivity contribution is 7.89. The van der Waals surface area contributed by atoms with Crippen molar-refractivity contribution in [2.75, 3.05) is 44.2 Å². The van der Waals surface area contributed by atoms with Gasteiger partial charge in [0, 0.05) is 59.2 Å². The summed E-state index contributed by atoms with van der Waals surface area (Å²) in [6.07, 6.45) is -7.00. The lowest BCUT2D eigenvalue weighted by molar-refractivity contribution is -0.0542. The lowest BCUT2D eigenvalue weighted by atomic mass is 9.93. The number of phosphoric ester groups is 1. The van der Waals surface area contributed by atoms with Crippen molar-refractivity contribution in [1.82, 2.24) is 18.8 Å². The van der Waals surface area contributed by atoms with Crippen molar-refractivity contribution in [3.8, 4) is 34.3 Å². The van der Waals surface area contributed by atoms with Crippen LogP contribution in [0.2, 0.25) is 0 Å². The summed E-state index contributed by atoms with van der Waals surface area (Å²) in [5.41, 5.74) is -1.08. The summed E-state index contributed by atoms with van der Waals surface area (Å²) in [7, 11) is -27.3. The van der Waals surface area contributed by atoms with E-state index in [0.717, 1.165) is 23.3 Å². The number of aliphatic hydroxyl groups excluding tert-OH is 2. The molecule has 6 atom stereocenters. The Kier molecular flexibility index (Phi) is 16.5. The second kappa shape index (κ2) is 21.2. The maximum absolute atomic E-state index is 13.6. The Morgan fingerprint density at radius 3 is 2.19 bits per heavy atom. The fourth-order valence-corrected chi connectivity index (χ4v) is 12.3. The number of anilines is 1. The highest BCUT2D eigenvalue weighted by Gasteiger charge is 2.47. The lowest BCUT2D eigenvalue weighted by Crippen LogP contribution is -2.38. The molecule has 0 radical (unpaired) electrons. The summed E-state index contributed by atoms with van der Waals surface area (Å²) in [5.74, 6) is 5.03. The van der Waals surface area contributed by atoms with E-state index in [4.69, 9.17) is 18.9 Å². The van der Waals surface area contributed by atoms with Crippen molar-refractivity contribution in [2.24, 2.45) is 0 Å². The summed E-state index contributed by atoms with van der Waals surface area (Å²) in [5, 5.41) is 22.4. The van der Waals surface area contributed by atoms with Gasteiger partial charge in [0.05, 0.1) is 29.0 Å². The minimum Gasteiger partial charge on any atom is -0.744 e. The third-order valence-corrected chi connectivity index (χ3v) is 16.8. The fourth-order valence-electron chi connectivity index (χ4n) is 7.50. The maximum atomic E-state index is 13.6. The van der Waals surface area contributed by atoms with Crippen molar-refractivity contribution in [1.29, 1.82) is 0 Å². The molecule has 8 N–H and O–H groups in total. The van der Waals surface area contributed by atoms with Crippen LogP contribution >= 0.6 is 23.5 Å². The molecule has 0 bridgehead atoms. The zero-order valence-corrected chi connectivity index (χ0v) is 41.4. The van der Waals surface area contributed by atoms with E-state index < -0.39 is 108 Å². The molecule has 0 amide bonds. The highest BCUT2D eigenvalue weighted by atomic mass is 32.2. The molecule has 6 rings (SSSR count). The van der Waals surface area contributed by atoms with Gasteiger partial charge < -0.3 is 48.4 Å². The minimum atomic E-state index is -5.91. The first-order valence-electron chi connectivity index (χ1n) is 20.7. The molecule has 1 saturated heterocycles. The number of rotatable bonds is 18. The summed E-state index contributed by atoms with van der Waals surface area (Å²) >= 11 is 0. The van der Waals surface area contributed by atoms with E-state index in [2.05, 4.69) is 39.2 Å². The molecule has 2 unspecified atom stereocenters. The molecule has 1 fully saturated rings. The van der Waals surface area contributed by atoms with Gasteiger partial charge in [-0.05, 0) is 58.0 Å². The number of nitrogens with zero attached hydrogens (tertiary/aromatic N) is 3. The summed E-state index contributed by atoms with van der Waals surface area (Å²) < 4.78 is 129. The van der Waals surface area contributed by atoms with Gasteiger partial charge in [-0.1, -0.05) is 17.9 Å².